The van der Waals surface area contributed by atoms with Crippen molar-refractivity contribution in [3.63, 3.8) is 0 Å². The van der Waals surface area contributed by atoms with Gasteiger partial charge in [-0.1, -0.05) is 6.92 Å². The van der Waals surface area contributed by atoms with Gasteiger partial charge in [0.2, 0.25) is 5.91 Å². The number of hydrogen-bond acceptors (Lipinski definition) is 4. The van der Waals surface area contributed by atoms with Gasteiger partial charge in [0.25, 0.3) is 0 Å². The Morgan fingerprint density at radius 2 is 2.00 bits per heavy atom. The van der Waals surface area contributed by atoms with Crippen molar-refractivity contribution >= 4 is 22.2 Å². The molecule has 0 radical (unpaired) electrons. The molecule has 0 unspecified atom stereocenters. The predicted molar refractivity (Wildman–Crippen MR) is 108 cm³/mol. The summed E-state index contributed by atoms with van der Waals surface area (Å²) in [7, 11) is 0. The third-order valence-electron chi connectivity index (χ3n) is 5.21. The molecule has 142 valence electrons. The van der Waals surface area contributed by atoms with Crippen LogP contribution in [0, 0.1) is 5.92 Å². The molecule has 1 amide bonds. The average Bonchev–Trinajstić information content (AvgIpc) is 3.25. The Morgan fingerprint density at radius 1 is 1.26 bits per heavy atom. The minimum atomic E-state index is 0.220. The lowest BCUT2D eigenvalue weighted by atomic mass is 9.99. The monoisotopic (exact) mass is 383 g/mol. The number of imidazole rings is 1. The third kappa shape index (κ3) is 3.86. The second kappa shape index (κ2) is 7.72. The maximum absolute atomic E-state index is 12.7. The van der Waals surface area contributed by atoms with Crippen LogP contribution in [0.3, 0.4) is 0 Å². The average molecular weight is 384 g/mol. The molecular weight excluding hydrogens is 358 g/mol. The molecule has 1 aromatic carbocycles. The third-order valence-corrected chi connectivity index (χ3v) is 6.10. The molecule has 0 bridgehead atoms. The van der Waals surface area contributed by atoms with Crippen LogP contribution in [0.15, 0.2) is 35.8 Å². The van der Waals surface area contributed by atoms with Crippen molar-refractivity contribution in [2.75, 3.05) is 19.7 Å². The summed E-state index contributed by atoms with van der Waals surface area (Å²) in [6.07, 6.45) is 4.69. The molecular formula is C21H25N3O2S. The number of thiazole rings is 1. The molecule has 5 nitrogen and oxygen atoms in total. The number of carbonyl (C=O) groups is 1. The summed E-state index contributed by atoms with van der Waals surface area (Å²) in [6.45, 7) is 6.67. The van der Waals surface area contributed by atoms with Crippen LogP contribution in [-0.2, 0) is 11.2 Å². The maximum Gasteiger partial charge on any atom is 0.228 e. The summed E-state index contributed by atoms with van der Waals surface area (Å²) in [5, 5.41) is 2.05. The number of carbonyl (C=O) groups excluding carboxylic acids is 1. The van der Waals surface area contributed by atoms with Gasteiger partial charge in [-0.2, -0.15) is 0 Å². The van der Waals surface area contributed by atoms with Crippen molar-refractivity contribution in [2.24, 2.45) is 5.92 Å². The number of hydrogen-bond donors (Lipinski definition) is 0. The summed E-state index contributed by atoms with van der Waals surface area (Å²) >= 11 is 1.59. The van der Waals surface area contributed by atoms with E-state index in [4.69, 9.17) is 9.72 Å². The molecule has 4 rings (SSSR count). The zero-order valence-electron chi connectivity index (χ0n) is 15.9. The second-order valence-electron chi connectivity index (χ2n) is 7.20. The standard InChI is InChI=1S/C21H25N3O2S/c1-3-26-18-6-4-16(5-7-18)19-13-24-17(14-27-21(24)22-19)12-20(25)23-10-8-15(2)9-11-23/h4-7,13-15H,3,8-12H2,1-2H3. The van der Waals surface area contributed by atoms with Gasteiger partial charge in [-0.15, -0.1) is 11.3 Å². The quantitative estimate of drug-likeness (QED) is 0.661. The lowest BCUT2D eigenvalue weighted by molar-refractivity contribution is -0.131. The van der Waals surface area contributed by atoms with Crippen molar-refractivity contribution in [1.82, 2.24) is 14.3 Å². The van der Waals surface area contributed by atoms with E-state index in [1.165, 1.54) is 0 Å². The fourth-order valence-corrected chi connectivity index (χ4v) is 4.38. The summed E-state index contributed by atoms with van der Waals surface area (Å²) in [4.78, 5) is 20.3. The summed E-state index contributed by atoms with van der Waals surface area (Å²) < 4.78 is 7.56. The van der Waals surface area contributed by atoms with Gasteiger partial charge in [-0.05, 0) is 49.9 Å². The predicted octanol–water partition coefficient (Wildman–Crippen LogP) is 4.26. The Balaban J connectivity index is 1.51. The molecule has 3 aromatic rings. The molecule has 1 saturated heterocycles. The van der Waals surface area contributed by atoms with Crippen molar-refractivity contribution in [3.05, 3.63) is 41.5 Å². The first-order chi connectivity index (χ1) is 13.1. The molecule has 3 heterocycles. The van der Waals surface area contributed by atoms with E-state index in [1.807, 2.05) is 42.3 Å². The van der Waals surface area contributed by atoms with Gasteiger partial charge < -0.3 is 9.64 Å². The van der Waals surface area contributed by atoms with Gasteiger partial charge in [-0.3, -0.25) is 9.20 Å². The van der Waals surface area contributed by atoms with Crippen molar-refractivity contribution in [2.45, 2.75) is 33.1 Å². The van der Waals surface area contributed by atoms with Gasteiger partial charge in [0.05, 0.1) is 18.7 Å². The number of fused-ring (bicyclic) bond motifs is 1. The van der Waals surface area contributed by atoms with E-state index in [-0.39, 0.29) is 5.91 Å². The SMILES string of the molecule is CCOc1ccc(-c2cn3c(CC(=O)N4CCC(C)CC4)csc3n2)cc1. The number of rotatable bonds is 5. The van der Waals surface area contributed by atoms with Crippen molar-refractivity contribution in [3.8, 4) is 17.0 Å². The molecule has 0 atom stereocenters. The second-order valence-corrected chi connectivity index (χ2v) is 8.04. The van der Waals surface area contributed by atoms with Gasteiger partial charge in [0.1, 0.15) is 5.75 Å². The van der Waals surface area contributed by atoms with Crippen LogP contribution >= 0.6 is 11.3 Å². The molecule has 1 fully saturated rings. The van der Waals surface area contributed by atoms with E-state index in [2.05, 4.69) is 16.7 Å². The Bertz CT molecular complexity index is 921. The smallest absolute Gasteiger partial charge is 0.228 e. The lowest BCUT2D eigenvalue weighted by Crippen LogP contribution is -2.38. The van der Waals surface area contributed by atoms with Crippen LogP contribution in [0.25, 0.3) is 16.2 Å². The number of piperidine rings is 1. The van der Waals surface area contributed by atoms with Crippen LogP contribution in [0.1, 0.15) is 32.4 Å². The van der Waals surface area contributed by atoms with Gasteiger partial charge in [-0.25, -0.2) is 4.98 Å². The first kappa shape index (κ1) is 18.0. The summed E-state index contributed by atoms with van der Waals surface area (Å²) in [6, 6.07) is 7.98. The number of ether oxygens (including phenoxy) is 1. The van der Waals surface area contributed by atoms with Crippen LogP contribution in [-0.4, -0.2) is 39.9 Å². The molecule has 0 N–H and O–H groups in total. The lowest BCUT2D eigenvalue weighted by Gasteiger charge is -2.30. The van der Waals surface area contributed by atoms with Crippen LogP contribution in [0.4, 0.5) is 0 Å². The van der Waals surface area contributed by atoms with E-state index in [0.29, 0.717) is 13.0 Å². The van der Waals surface area contributed by atoms with Crippen molar-refractivity contribution < 1.29 is 9.53 Å². The Morgan fingerprint density at radius 3 is 2.70 bits per heavy atom. The molecule has 1 aliphatic heterocycles. The molecule has 27 heavy (non-hydrogen) atoms. The highest BCUT2D eigenvalue weighted by atomic mass is 32.1. The normalized spacial score (nSPS) is 15.4. The zero-order valence-corrected chi connectivity index (χ0v) is 16.7. The van der Waals surface area contributed by atoms with E-state index < -0.39 is 0 Å². The zero-order chi connectivity index (χ0) is 18.8. The fraction of sp³-hybridized carbons (Fsp3) is 0.429. The van der Waals surface area contributed by atoms with E-state index in [1.54, 1.807) is 11.3 Å². The molecule has 1 aliphatic rings. The minimum Gasteiger partial charge on any atom is -0.494 e. The Hall–Kier alpha value is -2.34. The van der Waals surface area contributed by atoms with E-state index in [9.17, 15) is 4.79 Å². The molecule has 0 saturated carbocycles. The molecule has 0 aliphatic carbocycles. The number of benzene rings is 1. The Labute approximate surface area is 163 Å². The van der Waals surface area contributed by atoms with Gasteiger partial charge >= 0.3 is 0 Å². The Kier molecular flexibility index (Phi) is 5.16. The van der Waals surface area contributed by atoms with Gasteiger partial charge in [0.15, 0.2) is 4.96 Å². The van der Waals surface area contributed by atoms with Crippen LogP contribution in [0.5, 0.6) is 5.75 Å². The highest BCUT2D eigenvalue weighted by molar-refractivity contribution is 7.15. The number of amides is 1. The first-order valence-corrected chi connectivity index (χ1v) is 10.5. The van der Waals surface area contributed by atoms with Crippen molar-refractivity contribution in [1.29, 1.82) is 0 Å². The highest BCUT2D eigenvalue weighted by Gasteiger charge is 2.21. The molecule has 6 heteroatoms. The van der Waals surface area contributed by atoms with E-state index in [0.717, 1.165) is 59.5 Å². The first-order valence-electron chi connectivity index (χ1n) is 9.60. The minimum absolute atomic E-state index is 0.220. The fourth-order valence-electron chi connectivity index (χ4n) is 3.51. The summed E-state index contributed by atoms with van der Waals surface area (Å²) in [5.74, 6) is 1.81. The van der Waals surface area contributed by atoms with Crippen LogP contribution in [0.2, 0.25) is 0 Å². The molecule has 0 spiro atoms. The number of aromatic nitrogens is 2. The number of likely N-dealkylation sites (tertiary alicyclic amines) is 1. The largest absolute Gasteiger partial charge is 0.494 e. The van der Waals surface area contributed by atoms with Crippen LogP contribution < -0.4 is 4.74 Å². The summed E-state index contributed by atoms with van der Waals surface area (Å²) in [5.41, 5.74) is 2.99. The van der Waals surface area contributed by atoms with Gasteiger partial charge in [0, 0.05) is 35.9 Å². The topological polar surface area (TPSA) is 46.8 Å². The number of nitrogens with zero attached hydrogens (tertiary/aromatic N) is 3. The maximum atomic E-state index is 12.7. The highest BCUT2D eigenvalue weighted by Crippen LogP contribution is 2.26. The van der Waals surface area contributed by atoms with E-state index >= 15 is 0 Å². The molecule has 2 aromatic heterocycles.